The minimum Gasteiger partial charge on any atom is -0.496 e. The molecule has 0 atom stereocenters. The fourth-order valence-electron chi connectivity index (χ4n) is 2.95. The van der Waals surface area contributed by atoms with Crippen LogP contribution in [0.2, 0.25) is 5.02 Å². The first-order chi connectivity index (χ1) is 14.3. The molecule has 1 N–H and O–H groups in total. The largest absolute Gasteiger partial charge is 0.496 e. The van der Waals surface area contributed by atoms with Crippen LogP contribution in [0.5, 0.6) is 5.75 Å². The number of hydrogen-bond acceptors (Lipinski definition) is 4. The molecule has 0 spiro atoms. The van der Waals surface area contributed by atoms with Crippen molar-refractivity contribution in [2.24, 2.45) is 0 Å². The van der Waals surface area contributed by atoms with Crippen molar-refractivity contribution in [1.29, 1.82) is 0 Å². The Morgan fingerprint density at radius 1 is 1.03 bits per heavy atom. The van der Waals surface area contributed by atoms with Crippen LogP contribution in [0.1, 0.15) is 15.9 Å². The van der Waals surface area contributed by atoms with Crippen molar-refractivity contribution in [3.8, 4) is 5.75 Å². The number of methoxy groups -OCH3 is 1. The zero-order valence-corrected chi connectivity index (χ0v) is 18.1. The summed E-state index contributed by atoms with van der Waals surface area (Å²) >= 11 is 6.06. The van der Waals surface area contributed by atoms with E-state index in [4.69, 9.17) is 16.3 Å². The van der Waals surface area contributed by atoms with E-state index in [1.165, 1.54) is 23.1 Å². The smallest absolute Gasteiger partial charge is 0.261 e. The minimum absolute atomic E-state index is 0.145. The number of ether oxygens (including phenoxy) is 1. The highest BCUT2D eigenvalue weighted by Gasteiger charge is 2.17. The van der Waals surface area contributed by atoms with Gasteiger partial charge < -0.3 is 9.64 Å². The van der Waals surface area contributed by atoms with E-state index in [2.05, 4.69) is 4.72 Å². The van der Waals surface area contributed by atoms with Gasteiger partial charge in [-0.15, -0.1) is 0 Å². The first-order valence-corrected chi connectivity index (χ1v) is 10.9. The molecular formula is C22H21ClN2O4S. The Balaban J connectivity index is 1.78. The molecule has 3 aromatic rings. The molecule has 0 aliphatic carbocycles. The average molecular weight is 445 g/mol. The van der Waals surface area contributed by atoms with E-state index in [1.54, 1.807) is 68.8 Å². The van der Waals surface area contributed by atoms with Gasteiger partial charge in [0, 0.05) is 35.4 Å². The Hall–Kier alpha value is -3.03. The normalized spacial score (nSPS) is 11.0. The lowest BCUT2D eigenvalue weighted by Crippen LogP contribution is -2.26. The van der Waals surface area contributed by atoms with E-state index in [1.807, 2.05) is 0 Å². The summed E-state index contributed by atoms with van der Waals surface area (Å²) in [6.07, 6.45) is 0. The highest BCUT2D eigenvalue weighted by atomic mass is 35.5. The predicted molar refractivity (Wildman–Crippen MR) is 117 cm³/mol. The van der Waals surface area contributed by atoms with Crippen LogP contribution in [0.4, 0.5) is 5.69 Å². The molecule has 30 heavy (non-hydrogen) atoms. The van der Waals surface area contributed by atoms with Crippen LogP contribution < -0.4 is 9.46 Å². The molecule has 0 bridgehead atoms. The number of carbonyl (C=O) groups is 1. The van der Waals surface area contributed by atoms with Crippen molar-refractivity contribution < 1.29 is 17.9 Å². The predicted octanol–water partition coefficient (Wildman–Crippen LogP) is 4.42. The number of rotatable bonds is 7. The number of sulfonamides is 1. The quantitative estimate of drug-likeness (QED) is 0.585. The van der Waals surface area contributed by atoms with Gasteiger partial charge in [-0.2, -0.15) is 0 Å². The second kappa shape index (κ2) is 9.19. The molecule has 1 amide bonds. The number of benzene rings is 3. The van der Waals surface area contributed by atoms with Gasteiger partial charge in [0.2, 0.25) is 0 Å². The third-order valence-electron chi connectivity index (χ3n) is 4.41. The van der Waals surface area contributed by atoms with Crippen LogP contribution in [0.15, 0.2) is 77.7 Å². The third-order valence-corrected chi connectivity index (χ3v) is 6.04. The molecule has 3 aromatic carbocycles. The number of nitrogens with zero attached hydrogens (tertiary/aromatic N) is 1. The third kappa shape index (κ3) is 5.11. The molecule has 0 aliphatic heterocycles. The summed E-state index contributed by atoms with van der Waals surface area (Å²) < 4.78 is 32.9. The van der Waals surface area contributed by atoms with Crippen LogP contribution in [-0.2, 0) is 16.6 Å². The lowest BCUT2D eigenvalue weighted by Gasteiger charge is -2.19. The summed E-state index contributed by atoms with van der Waals surface area (Å²) in [5.74, 6) is 0.362. The number of nitrogens with one attached hydrogen (secondary N) is 1. The Morgan fingerprint density at radius 2 is 1.77 bits per heavy atom. The highest BCUT2D eigenvalue weighted by molar-refractivity contribution is 7.92. The average Bonchev–Trinajstić information content (AvgIpc) is 2.74. The Bertz CT molecular complexity index is 1150. The van der Waals surface area contributed by atoms with Crippen LogP contribution >= 0.6 is 11.6 Å². The van der Waals surface area contributed by atoms with Crippen molar-refractivity contribution in [3.05, 3.63) is 88.9 Å². The monoisotopic (exact) mass is 444 g/mol. The highest BCUT2D eigenvalue weighted by Crippen LogP contribution is 2.25. The van der Waals surface area contributed by atoms with Crippen LogP contribution in [-0.4, -0.2) is 33.4 Å². The van der Waals surface area contributed by atoms with Crippen molar-refractivity contribution in [1.82, 2.24) is 4.90 Å². The van der Waals surface area contributed by atoms with Gasteiger partial charge >= 0.3 is 0 Å². The lowest BCUT2D eigenvalue weighted by atomic mass is 10.1. The number of hydrogen-bond donors (Lipinski definition) is 1. The Kier molecular flexibility index (Phi) is 6.64. The van der Waals surface area contributed by atoms with E-state index in [0.29, 0.717) is 22.0 Å². The first-order valence-electron chi connectivity index (χ1n) is 9.06. The summed E-state index contributed by atoms with van der Waals surface area (Å²) in [4.78, 5) is 14.6. The van der Waals surface area contributed by atoms with Crippen LogP contribution in [0, 0.1) is 0 Å². The van der Waals surface area contributed by atoms with E-state index in [-0.39, 0.29) is 17.3 Å². The summed E-state index contributed by atoms with van der Waals surface area (Å²) in [6.45, 7) is 0.280. The van der Waals surface area contributed by atoms with Gasteiger partial charge in [0.05, 0.1) is 12.0 Å². The maximum Gasteiger partial charge on any atom is 0.261 e. The van der Waals surface area contributed by atoms with E-state index < -0.39 is 10.0 Å². The molecule has 3 rings (SSSR count). The summed E-state index contributed by atoms with van der Waals surface area (Å²) in [7, 11) is -0.536. The van der Waals surface area contributed by atoms with Gasteiger partial charge in [-0.05, 0) is 48.5 Å². The molecule has 6 nitrogen and oxygen atoms in total. The van der Waals surface area contributed by atoms with Crippen LogP contribution in [0.3, 0.4) is 0 Å². The second-order valence-corrected chi connectivity index (χ2v) is 8.74. The molecule has 0 aliphatic rings. The number of amides is 1. The van der Waals surface area contributed by atoms with Crippen molar-refractivity contribution in [2.75, 3.05) is 18.9 Å². The molecule has 0 aromatic heterocycles. The molecule has 0 radical (unpaired) electrons. The molecular weight excluding hydrogens is 424 g/mol. The summed E-state index contributed by atoms with van der Waals surface area (Å²) in [5, 5.41) is 0.545. The fraction of sp³-hybridized carbons (Fsp3) is 0.136. The van der Waals surface area contributed by atoms with Crippen molar-refractivity contribution >= 4 is 33.2 Å². The van der Waals surface area contributed by atoms with E-state index in [9.17, 15) is 13.2 Å². The van der Waals surface area contributed by atoms with Crippen molar-refractivity contribution in [2.45, 2.75) is 11.4 Å². The topological polar surface area (TPSA) is 75.7 Å². The lowest BCUT2D eigenvalue weighted by molar-refractivity contribution is 0.0784. The standard InChI is InChI=1S/C22H21ClN2O4S/c1-25(15-17-13-18(23)11-12-21(17)29-2)22(26)16-7-6-8-19(14-16)24-30(27,28)20-9-4-3-5-10-20/h3-14,24H,15H2,1-2H3. The van der Waals surface area contributed by atoms with E-state index in [0.717, 1.165) is 5.56 Å². The summed E-state index contributed by atoms with van der Waals surface area (Å²) in [6, 6.07) is 19.6. The molecule has 0 heterocycles. The van der Waals surface area contributed by atoms with Gasteiger partial charge in [-0.25, -0.2) is 8.42 Å². The SMILES string of the molecule is COc1ccc(Cl)cc1CN(C)C(=O)c1cccc(NS(=O)(=O)c2ccccc2)c1. The maximum atomic E-state index is 12.9. The van der Waals surface area contributed by atoms with Gasteiger partial charge in [0.25, 0.3) is 15.9 Å². The van der Waals surface area contributed by atoms with E-state index >= 15 is 0 Å². The zero-order chi connectivity index (χ0) is 21.7. The Labute approximate surface area is 181 Å². The van der Waals surface area contributed by atoms with Gasteiger partial charge in [-0.1, -0.05) is 35.9 Å². The number of anilines is 1. The van der Waals surface area contributed by atoms with Crippen LogP contribution in [0.25, 0.3) is 0 Å². The zero-order valence-electron chi connectivity index (χ0n) is 16.5. The fourth-order valence-corrected chi connectivity index (χ4v) is 4.21. The second-order valence-electron chi connectivity index (χ2n) is 6.62. The minimum atomic E-state index is -3.74. The molecule has 0 fully saturated rings. The molecule has 8 heteroatoms. The van der Waals surface area contributed by atoms with Gasteiger partial charge in [0.15, 0.2) is 0 Å². The molecule has 156 valence electrons. The maximum absolute atomic E-state index is 12.9. The number of carbonyl (C=O) groups excluding carboxylic acids is 1. The van der Waals surface area contributed by atoms with Gasteiger partial charge in [-0.3, -0.25) is 9.52 Å². The molecule has 0 unspecified atom stereocenters. The Morgan fingerprint density at radius 3 is 2.47 bits per heavy atom. The van der Waals surface area contributed by atoms with Crippen molar-refractivity contribution in [3.63, 3.8) is 0 Å². The first kappa shape index (κ1) is 21.7. The molecule has 0 saturated carbocycles. The summed E-state index contributed by atoms with van der Waals surface area (Å²) in [5.41, 5.74) is 1.42. The number of halogens is 1. The van der Waals surface area contributed by atoms with Gasteiger partial charge in [0.1, 0.15) is 5.75 Å². The molecule has 0 saturated heterocycles.